The van der Waals surface area contributed by atoms with Gasteiger partial charge in [0.25, 0.3) is 0 Å². The van der Waals surface area contributed by atoms with Crippen LogP contribution < -0.4 is 0 Å². The third kappa shape index (κ3) is 225. The molecule has 0 rings (SSSR count). The third-order valence-corrected chi connectivity index (χ3v) is 1.77. The van der Waals surface area contributed by atoms with E-state index in [4.69, 9.17) is 0 Å². The molecule has 0 spiro atoms. The van der Waals surface area contributed by atoms with Gasteiger partial charge in [-0.1, -0.05) is 76.1 Å². The van der Waals surface area contributed by atoms with Crippen LogP contribution >= 0.6 is 36.1 Å². The highest BCUT2D eigenvalue weighted by Gasteiger charge is 1.58. The number of halogens is 1. The average molecular weight is 334 g/mol. The largest absolute Gasteiger partial charge is 0.197 e. The summed E-state index contributed by atoms with van der Waals surface area (Å²) in [6.07, 6.45) is 5.70. The van der Waals surface area contributed by atoms with Crippen LogP contribution in [-0.2, 0) is 0 Å². The summed E-state index contributed by atoms with van der Waals surface area (Å²) < 4.78 is 1.29. The Bertz CT molecular complexity index is 39.6. The van der Waals surface area contributed by atoms with Crippen LogP contribution in [0.1, 0.15) is 60.8 Å². The Balaban J connectivity index is -0.0000000260. The van der Waals surface area contributed by atoms with Crippen LogP contribution in [0.5, 0.6) is 0 Å². The second kappa shape index (κ2) is 67.1. The highest BCUT2D eigenvalue weighted by Crippen LogP contribution is 1.81. The SMILES string of the molecule is C=CC.CC.CCCC.CCCI.S. The van der Waals surface area contributed by atoms with E-state index in [1.54, 1.807) is 6.08 Å². The van der Waals surface area contributed by atoms with E-state index in [0.29, 0.717) is 0 Å². The topological polar surface area (TPSA) is 0 Å². The minimum atomic E-state index is 0. The molecule has 0 aromatic rings. The molecule has 0 fully saturated rings. The van der Waals surface area contributed by atoms with E-state index >= 15 is 0 Å². The zero-order chi connectivity index (χ0) is 11.5. The standard InChI is InChI=1S/C4H10.C3H7I.C3H6.C2H6.H2S/c1-3-4-2;1-2-3-4;1-3-2;1-2;/h3-4H2,1-2H3;2-3H2,1H3;3H,1H2,2H3;1-2H3;1H2. The van der Waals surface area contributed by atoms with Crippen molar-refractivity contribution in [2.45, 2.75) is 60.8 Å². The molecule has 14 heavy (non-hydrogen) atoms. The Hall–Kier alpha value is 0.820. The Morgan fingerprint density at radius 1 is 1.00 bits per heavy atom. The van der Waals surface area contributed by atoms with Crippen molar-refractivity contribution in [2.24, 2.45) is 0 Å². The van der Waals surface area contributed by atoms with Gasteiger partial charge in [-0.2, -0.15) is 13.5 Å². The summed E-state index contributed by atoms with van der Waals surface area (Å²) in [5, 5.41) is 0. The molecule has 0 bridgehead atoms. The Kier molecular flexibility index (Phi) is 141. The molecule has 0 unspecified atom stereocenters. The number of hydrogen-bond donors (Lipinski definition) is 0. The van der Waals surface area contributed by atoms with Crippen LogP contribution in [-0.4, -0.2) is 4.43 Å². The first-order chi connectivity index (χ1) is 6.24. The highest BCUT2D eigenvalue weighted by atomic mass is 127. The second-order valence-corrected chi connectivity index (χ2v) is 3.18. The third-order valence-electron chi connectivity index (χ3n) is 0.689. The van der Waals surface area contributed by atoms with Gasteiger partial charge in [0.05, 0.1) is 0 Å². The summed E-state index contributed by atoms with van der Waals surface area (Å²) in [5.41, 5.74) is 0. The van der Waals surface area contributed by atoms with Crippen LogP contribution in [0.25, 0.3) is 0 Å². The first-order valence-electron chi connectivity index (χ1n) is 5.37. The number of unbranched alkanes of at least 4 members (excludes halogenated alkanes) is 1. The fourth-order valence-corrected chi connectivity index (χ4v) is 0. The predicted molar refractivity (Wildman–Crippen MR) is 87.4 cm³/mol. The molecule has 0 heterocycles. The second-order valence-electron chi connectivity index (χ2n) is 2.10. The molecule has 0 aliphatic carbocycles. The van der Waals surface area contributed by atoms with Gasteiger partial charge in [-0.3, -0.25) is 0 Å². The van der Waals surface area contributed by atoms with Gasteiger partial charge in [0, 0.05) is 0 Å². The van der Waals surface area contributed by atoms with E-state index in [-0.39, 0.29) is 13.5 Å². The van der Waals surface area contributed by atoms with Crippen LogP contribution in [0, 0.1) is 0 Å². The van der Waals surface area contributed by atoms with E-state index in [9.17, 15) is 0 Å². The van der Waals surface area contributed by atoms with Gasteiger partial charge < -0.3 is 0 Å². The van der Waals surface area contributed by atoms with Gasteiger partial charge in [0.1, 0.15) is 0 Å². The van der Waals surface area contributed by atoms with Crippen molar-refractivity contribution in [1.29, 1.82) is 0 Å². The molecule has 0 radical (unpaired) electrons. The maximum atomic E-state index is 3.36. The van der Waals surface area contributed by atoms with Crippen molar-refractivity contribution >= 4 is 36.1 Å². The van der Waals surface area contributed by atoms with E-state index in [2.05, 4.69) is 49.9 Å². The lowest BCUT2D eigenvalue weighted by Gasteiger charge is -1.68. The van der Waals surface area contributed by atoms with Crippen molar-refractivity contribution in [1.82, 2.24) is 0 Å². The maximum absolute atomic E-state index is 3.36. The van der Waals surface area contributed by atoms with Gasteiger partial charge in [0.2, 0.25) is 0 Å². The Morgan fingerprint density at radius 2 is 1.14 bits per heavy atom. The molecule has 0 atom stereocenters. The normalized spacial score (nSPS) is 5.64. The summed E-state index contributed by atoms with van der Waals surface area (Å²) in [4.78, 5) is 0. The summed E-state index contributed by atoms with van der Waals surface area (Å²) >= 11 is 2.35. The molecule has 92 valence electrons. The van der Waals surface area contributed by atoms with Crippen molar-refractivity contribution in [2.75, 3.05) is 4.43 Å². The summed E-state index contributed by atoms with van der Waals surface area (Å²) in [7, 11) is 0. The lowest BCUT2D eigenvalue weighted by atomic mass is 10.4. The smallest absolute Gasteiger partial charge is 0.000735 e. The molecule has 2 heteroatoms. The fourth-order valence-electron chi connectivity index (χ4n) is 0. The monoisotopic (exact) mass is 334 g/mol. The molecule has 0 saturated heterocycles. The average Bonchev–Trinajstić information content (AvgIpc) is 2.22. The van der Waals surface area contributed by atoms with E-state index in [1.807, 2.05) is 20.8 Å². The van der Waals surface area contributed by atoms with Gasteiger partial charge in [-0.25, -0.2) is 0 Å². The molecule has 0 aromatic heterocycles. The summed E-state index contributed by atoms with van der Waals surface area (Å²) in [5.74, 6) is 0. The highest BCUT2D eigenvalue weighted by molar-refractivity contribution is 14.1. The first kappa shape index (κ1) is 29.4. The van der Waals surface area contributed by atoms with Crippen LogP contribution in [0.15, 0.2) is 12.7 Å². The lowest BCUT2D eigenvalue weighted by molar-refractivity contribution is 0.886. The van der Waals surface area contributed by atoms with E-state index in [0.717, 1.165) is 0 Å². The fraction of sp³-hybridized carbons (Fsp3) is 0.833. The molecule has 0 N–H and O–H groups in total. The Morgan fingerprint density at radius 3 is 1.14 bits per heavy atom. The molecule has 0 aliphatic heterocycles. The first-order valence-corrected chi connectivity index (χ1v) is 6.90. The van der Waals surface area contributed by atoms with Crippen LogP contribution in [0.4, 0.5) is 0 Å². The van der Waals surface area contributed by atoms with Crippen molar-refractivity contribution in [3.8, 4) is 0 Å². The molecule has 0 aromatic carbocycles. The summed E-state index contributed by atoms with van der Waals surface area (Å²) in [6, 6.07) is 0. The number of alkyl halides is 1. The number of rotatable bonds is 2. The number of allylic oxidation sites excluding steroid dienone is 1. The molecule has 0 aliphatic rings. The molecule has 0 saturated carbocycles. The van der Waals surface area contributed by atoms with Crippen molar-refractivity contribution < 1.29 is 0 Å². The Labute approximate surface area is 114 Å². The van der Waals surface area contributed by atoms with Gasteiger partial charge in [-0.15, -0.1) is 6.58 Å². The minimum absolute atomic E-state index is 0. The van der Waals surface area contributed by atoms with E-state index in [1.165, 1.54) is 23.7 Å². The van der Waals surface area contributed by atoms with Gasteiger partial charge in [-0.05, 0) is 17.8 Å². The molecular weight excluding hydrogens is 303 g/mol. The number of hydrogen-bond acceptors (Lipinski definition) is 0. The quantitative estimate of drug-likeness (QED) is 0.331. The van der Waals surface area contributed by atoms with Gasteiger partial charge >= 0.3 is 0 Å². The molecule has 0 amide bonds. The van der Waals surface area contributed by atoms with E-state index < -0.39 is 0 Å². The van der Waals surface area contributed by atoms with Crippen molar-refractivity contribution in [3.63, 3.8) is 0 Å². The zero-order valence-electron chi connectivity index (χ0n) is 11.0. The zero-order valence-corrected chi connectivity index (χ0v) is 14.1. The van der Waals surface area contributed by atoms with Gasteiger partial charge in [0.15, 0.2) is 0 Å². The molecule has 0 nitrogen and oxygen atoms in total. The van der Waals surface area contributed by atoms with Crippen LogP contribution in [0.3, 0.4) is 0 Å². The lowest BCUT2D eigenvalue weighted by Crippen LogP contribution is -1.54. The van der Waals surface area contributed by atoms with Crippen molar-refractivity contribution in [3.05, 3.63) is 12.7 Å². The predicted octanol–water partition coefficient (Wildman–Crippen LogP) is 5.97. The van der Waals surface area contributed by atoms with Crippen LogP contribution in [0.2, 0.25) is 0 Å². The summed E-state index contributed by atoms with van der Waals surface area (Å²) in [6.45, 7) is 15.8. The maximum Gasteiger partial charge on any atom is -0.000735 e. The molecular formula is C12H31IS. The minimum Gasteiger partial charge on any atom is -0.197 e.